The van der Waals surface area contributed by atoms with Crippen LogP contribution in [0.15, 0.2) is 58.5 Å². The fourth-order valence-corrected chi connectivity index (χ4v) is 9.31. The summed E-state index contributed by atoms with van der Waals surface area (Å²) in [5, 5.41) is 28.1. The molecule has 7 rings (SSSR count). The highest BCUT2D eigenvalue weighted by molar-refractivity contribution is 5.80. The van der Waals surface area contributed by atoms with Gasteiger partial charge in [0.05, 0.1) is 11.4 Å². The zero-order valence-electron chi connectivity index (χ0n) is 45.3. The molecule has 30 heteroatoms. The zero-order valence-corrected chi connectivity index (χ0v) is 45.3. The fraction of sp³-hybridized carbons (Fsp3) is 0.588. The lowest BCUT2D eigenvalue weighted by Gasteiger charge is -2.36. The third-order valence-corrected chi connectivity index (χ3v) is 13.9. The van der Waals surface area contributed by atoms with Crippen LogP contribution in [0.2, 0.25) is 0 Å². The molecule has 4 aliphatic heterocycles. The number of amides is 9. The number of nitrogens with one attached hydrogen (secondary N) is 4. The average molecular weight is 1150 g/mol. The van der Waals surface area contributed by atoms with Gasteiger partial charge >= 0.3 is 48.5 Å². The van der Waals surface area contributed by atoms with Gasteiger partial charge < -0.3 is 93.3 Å². The summed E-state index contributed by atoms with van der Waals surface area (Å²) in [4.78, 5) is 101. The molecule has 27 nitrogen and oxygen atoms in total. The predicted molar refractivity (Wildman–Crippen MR) is 291 cm³/mol. The first-order chi connectivity index (χ1) is 38.6. The summed E-state index contributed by atoms with van der Waals surface area (Å²) >= 11 is 0. The quantitative estimate of drug-likeness (QED) is 0.114. The van der Waals surface area contributed by atoms with Crippen LogP contribution in [0.25, 0.3) is 0 Å². The molecule has 1 saturated carbocycles. The molecule has 0 bridgehead atoms. The van der Waals surface area contributed by atoms with Crippen molar-refractivity contribution < 1.29 is 66.4 Å². The lowest BCUT2D eigenvalue weighted by molar-refractivity contribution is -0.192. The van der Waals surface area contributed by atoms with Gasteiger partial charge in [0.25, 0.3) is 0 Å². The van der Waals surface area contributed by atoms with E-state index in [1.54, 1.807) is 48.8 Å². The molecular weight excluding hydrogens is 1070 g/mol. The molecule has 2 aromatic carbocycles. The number of nitrogens with two attached hydrogens (primary N) is 4. The molecule has 5 fully saturated rings. The van der Waals surface area contributed by atoms with Crippen LogP contribution in [0.4, 0.5) is 53.3 Å². The van der Waals surface area contributed by atoms with Crippen molar-refractivity contribution in [3.8, 4) is 0 Å². The molecule has 0 unspecified atom stereocenters. The van der Waals surface area contributed by atoms with E-state index in [2.05, 4.69) is 31.3 Å². The van der Waals surface area contributed by atoms with E-state index < -0.39 is 18.2 Å². The number of hydrogen-bond donors (Lipinski definition) is 10. The van der Waals surface area contributed by atoms with Crippen molar-refractivity contribution in [3.05, 3.63) is 59.7 Å². The van der Waals surface area contributed by atoms with Crippen LogP contribution in [0.5, 0.6) is 0 Å². The first kappa shape index (κ1) is 63.6. The van der Waals surface area contributed by atoms with Gasteiger partial charge in [-0.15, -0.1) is 0 Å². The van der Waals surface area contributed by atoms with Gasteiger partial charge in [0.1, 0.15) is 12.2 Å². The van der Waals surface area contributed by atoms with Crippen molar-refractivity contribution in [3.63, 3.8) is 0 Å². The minimum Gasteiger partial charge on any atom is -0.475 e. The molecule has 1 aliphatic carbocycles. The Balaban J connectivity index is 0.000000365. The third-order valence-electron chi connectivity index (χ3n) is 13.9. The highest BCUT2D eigenvalue weighted by atomic mass is 19.4. The SMILES string of the molecule is NC(N)=Nc1ccc(CNC(=O)N2CCN(C(=O)OC3CCCC(OC(=O)N4CCN(C(=O)NCc5ccc(N=C(N)N)cc5)CC4)CCC3)CC2)cc1.O=C(O)C(F)(F)F.O=C(O)N1CCN(C(=O)NCCC2CCNCC2)CC1. The topological polar surface area (TPSA) is 375 Å². The third kappa shape index (κ3) is 22.8. The summed E-state index contributed by atoms with van der Waals surface area (Å²) in [6, 6.07) is 14.0. The molecule has 5 aliphatic rings. The number of rotatable bonds is 11. The van der Waals surface area contributed by atoms with Gasteiger partial charge in [0.15, 0.2) is 11.9 Å². The van der Waals surface area contributed by atoms with Crippen LogP contribution < -0.4 is 44.2 Å². The van der Waals surface area contributed by atoms with E-state index in [9.17, 15) is 41.9 Å². The number of carbonyl (C=O) groups excluding carboxylic acids is 5. The second kappa shape index (κ2) is 32.2. The summed E-state index contributed by atoms with van der Waals surface area (Å²) in [5.74, 6) is -2.09. The van der Waals surface area contributed by atoms with Crippen molar-refractivity contribution in [2.45, 2.75) is 89.3 Å². The number of carbonyl (C=O) groups is 7. The number of benzene rings is 2. The Morgan fingerprint density at radius 3 is 1.20 bits per heavy atom. The van der Waals surface area contributed by atoms with Gasteiger partial charge in [-0.3, -0.25) is 0 Å². The van der Waals surface area contributed by atoms with Crippen LogP contribution >= 0.6 is 0 Å². The minimum atomic E-state index is -5.08. The Kier molecular flexibility index (Phi) is 25.3. The molecular formula is C51H77F3N16O11. The number of piperazine rings is 3. The molecule has 81 heavy (non-hydrogen) atoms. The number of nitrogens with zero attached hydrogens (tertiary/aromatic N) is 8. The summed E-state index contributed by atoms with van der Waals surface area (Å²) in [7, 11) is 0. The maximum atomic E-state index is 13.0. The second-order valence-electron chi connectivity index (χ2n) is 19.8. The number of ether oxygens (including phenoxy) is 2. The van der Waals surface area contributed by atoms with Crippen molar-refractivity contribution >= 4 is 65.6 Å². The van der Waals surface area contributed by atoms with Crippen LogP contribution in [0.1, 0.15) is 68.9 Å². The standard InChI is InChI=1S/C36H52N12O6.C13H24N4O3.C2HF3O2/c37-31(38)43-27-11-7-25(8-12-27)23-41-33(49)45-15-19-47(20-16-45)35(51)53-29-3-1-4-30(6-2-5-29)54-36(52)48-21-17-46(18-22-48)34(50)42-24-26-9-13-28(14-10-26)44-32(39)40;18-12(15-6-3-11-1-4-14-5-2-11)16-7-9-17(10-8-16)13(19)20;3-2(4,5)1(6)7/h7-14,29-30H,1-6,15-24H2,(H,41,49)(H,42,50)(H4,37,38,43)(H4,39,40,44);11,14H,1-10H2,(H,15,18)(H,19,20);(H,6,7). The lowest BCUT2D eigenvalue weighted by Crippen LogP contribution is -2.53. The smallest absolute Gasteiger partial charge is 0.475 e. The Hall–Kier alpha value is -8.18. The van der Waals surface area contributed by atoms with Gasteiger partial charge in [0, 0.05) is 98.2 Å². The highest BCUT2D eigenvalue weighted by Gasteiger charge is 2.38. The van der Waals surface area contributed by atoms with E-state index in [4.69, 9.17) is 47.4 Å². The maximum Gasteiger partial charge on any atom is 0.490 e. The first-order valence-electron chi connectivity index (χ1n) is 27.0. The van der Waals surface area contributed by atoms with Crippen LogP contribution in [0, 0.1) is 5.92 Å². The molecule has 14 N–H and O–H groups in total. The largest absolute Gasteiger partial charge is 0.490 e. The van der Waals surface area contributed by atoms with Crippen LogP contribution in [0.3, 0.4) is 0 Å². The number of alkyl halides is 3. The number of aliphatic imine (C=N–C) groups is 2. The van der Waals surface area contributed by atoms with Gasteiger partial charge in [0.2, 0.25) is 0 Å². The number of guanidine groups is 2. The Bertz CT molecular complexity index is 2290. The summed E-state index contributed by atoms with van der Waals surface area (Å²) in [5.41, 5.74) is 24.7. The van der Waals surface area contributed by atoms with Crippen LogP contribution in [-0.2, 0) is 27.4 Å². The average Bonchev–Trinajstić information content (AvgIpc) is 3.45. The minimum absolute atomic E-state index is 0.0195. The van der Waals surface area contributed by atoms with E-state index in [1.807, 2.05) is 24.3 Å². The molecule has 0 spiro atoms. The van der Waals surface area contributed by atoms with Crippen molar-refractivity contribution in [1.82, 2.24) is 50.7 Å². The summed E-state index contributed by atoms with van der Waals surface area (Å²) < 4.78 is 43.5. The van der Waals surface area contributed by atoms with Crippen LogP contribution in [-0.4, -0.2) is 210 Å². The number of halogens is 3. The first-order valence-corrected chi connectivity index (χ1v) is 27.0. The van der Waals surface area contributed by atoms with E-state index in [1.165, 1.54) is 17.7 Å². The number of aliphatic carboxylic acids is 1. The summed E-state index contributed by atoms with van der Waals surface area (Å²) in [6.07, 6.45) is 0.510. The Morgan fingerprint density at radius 2 is 0.864 bits per heavy atom. The molecule has 0 atom stereocenters. The molecule has 448 valence electrons. The maximum absolute atomic E-state index is 13.0. The second-order valence-corrected chi connectivity index (χ2v) is 19.8. The van der Waals surface area contributed by atoms with E-state index in [0.717, 1.165) is 43.5 Å². The molecule has 4 heterocycles. The number of hydrogen-bond acceptors (Lipinski definition) is 12. The van der Waals surface area contributed by atoms with E-state index in [0.29, 0.717) is 141 Å². The lowest BCUT2D eigenvalue weighted by atomic mass is 9.95. The van der Waals surface area contributed by atoms with Crippen molar-refractivity contribution in [1.29, 1.82) is 0 Å². The molecule has 9 amide bonds. The number of carboxylic acid groups (broad SMARTS) is 2. The molecule has 0 radical (unpaired) electrons. The van der Waals surface area contributed by atoms with Crippen molar-refractivity contribution in [2.75, 3.05) is 98.2 Å². The molecule has 0 aromatic heterocycles. The normalized spacial score (nSPS) is 18.8. The number of carboxylic acids is 1. The van der Waals surface area contributed by atoms with Gasteiger partial charge in [-0.05, 0) is 112 Å². The zero-order chi connectivity index (χ0) is 58.9. The number of piperidine rings is 1. The fourth-order valence-electron chi connectivity index (χ4n) is 9.31. The van der Waals surface area contributed by atoms with Gasteiger partial charge in [-0.1, -0.05) is 24.3 Å². The highest BCUT2D eigenvalue weighted by Crippen LogP contribution is 2.24. The van der Waals surface area contributed by atoms with E-state index in [-0.39, 0.29) is 54.4 Å². The Labute approximate surface area is 467 Å². The van der Waals surface area contributed by atoms with Gasteiger partial charge in [-0.25, -0.2) is 43.5 Å². The van der Waals surface area contributed by atoms with E-state index >= 15 is 0 Å². The number of urea groups is 3. The molecule has 4 saturated heterocycles. The molecule has 2 aromatic rings. The summed E-state index contributed by atoms with van der Waals surface area (Å²) in [6.45, 7) is 8.51. The van der Waals surface area contributed by atoms with Crippen molar-refractivity contribution in [2.24, 2.45) is 38.8 Å². The predicted octanol–water partition coefficient (Wildman–Crippen LogP) is 3.23. The van der Waals surface area contributed by atoms with Gasteiger partial charge in [-0.2, -0.15) is 13.2 Å². The Morgan fingerprint density at radius 1 is 0.531 bits per heavy atom. The monoisotopic (exact) mass is 1150 g/mol.